The van der Waals surface area contributed by atoms with E-state index in [1.54, 1.807) is 0 Å². The third kappa shape index (κ3) is 4.43. The van der Waals surface area contributed by atoms with Crippen LogP contribution in [0, 0.1) is 21.1 Å². The Labute approximate surface area is 136 Å². The summed E-state index contributed by atoms with van der Waals surface area (Å²) in [5.41, 5.74) is -2.71. The van der Waals surface area contributed by atoms with Gasteiger partial charge in [-0.1, -0.05) is 0 Å². The Balaban J connectivity index is 2.73. The molecular formula is C12H16FN3O7S. The first-order valence-corrected chi connectivity index (χ1v) is 8.34. The predicted octanol–water partition coefficient (Wildman–Crippen LogP) is -0.0904. The third-order valence-corrected chi connectivity index (χ3v) is 4.99. The molecule has 0 aliphatic heterocycles. The number of aliphatic hydroxyl groups excluding tert-OH is 2. The van der Waals surface area contributed by atoms with E-state index < -0.39 is 50.1 Å². The molecule has 0 saturated heterocycles. The fraction of sp³-hybridized carbons (Fsp3) is 0.500. The molecule has 0 unspecified atom stereocenters. The van der Waals surface area contributed by atoms with E-state index >= 15 is 0 Å². The van der Waals surface area contributed by atoms with Crippen molar-refractivity contribution in [2.75, 3.05) is 25.5 Å². The largest absolute Gasteiger partial charge is 0.594 e. The van der Waals surface area contributed by atoms with Crippen molar-refractivity contribution in [2.45, 2.75) is 17.0 Å². The Morgan fingerprint density at radius 2 is 1.71 bits per heavy atom. The van der Waals surface area contributed by atoms with Crippen molar-refractivity contribution in [2.24, 2.45) is 5.11 Å². The van der Waals surface area contributed by atoms with Crippen LogP contribution in [-0.2, 0) is 9.84 Å². The molecule has 10 nitrogen and oxygen atoms in total. The summed E-state index contributed by atoms with van der Waals surface area (Å²) in [6.45, 7) is -2.91. The van der Waals surface area contributed by atoms with Gasteiger partial charge in [0.15, 0.2) is 23.1 Å². The molecule has 0 heterocycles. The van der Waals surface area contributed by atoms with Crippen LogP contribution in [0.5, 0.6) is 0 Å². The Hall–Kier alpha value is -2.18. The van der Waals surface area contributed by atoms with Crippen molar-refractivity contribution in [1.82, 2.24) is 0 Å². The summed E-state index contributed by atoms with van der Waals surface area (Å²) in [7, 11) is -3.72. The number of hydrogen-bond donors (Lipinski definition) is 2. The molecule has 0 atom stereocenters. The molecule has 1 aromatic rings. The summed E-state index contributed by atoms with van der Waals surface area (Å²) in [6, 6.07) is 4.17. The van der Waals surface area contributed by atoms with Crippen LogP contribution < -0.4 is 0 Å². The lowest BCUT2D eigenvalue weighted by atomic mass is 10.2. The van der Waals surface area contributed by atoms with Crippen LogP contribution in [0.25, 0.3) is 0 Å². The SMILES string of the molecule is O=[N+]([O-])C(CO)(CO)[N+]([O-])=NCCCS(=O)(=O)c1ccc(F)cc1. The van der Waals surface area contributed by atoms with E-state index in [1.165, 1.54) is 0 Å². The quantitative estimate of drug-likeness (QED) is 0.118. The smallest absolute Gasteiger partial charge is 0.483 e. The first-order valence-electron chi connectivity index (χ1n) is 6.69. The van der Waals surface area contributed by atoms with E-state index in [4.69, 9.17) is 10.2 Å². The van der Waals surface area contributed by atoms with Crippen molar-refractivity contribution >= 4 is 9.84 Å². The molecule has 134 valence electrons. The number of hydroxylamine groups is 1. The Kier molecular flexibility index (Phi) is 6.69. The maximum Gasteiger partial charge on any atom is 0.483 e. The zero-order valence-corrected chi connectivity index (χ0v) is 13.2. The zero-order valence-electron chi connectivity index (χ0n) is 12.4. The molecule has 0 spiro atoms. The highest BCUT2D eigenvalue weighted by molar-refractivity contribution is 7.91. The van der Waals surface area contributed by atoms with E-state index in [1.807, 2.05) is 0 Å². The predicted molar refractivity (Wildman–Crippen MR) is 77.9 cm³/mol. The summed E-state index contributed by atoms with van der Waals surface area (Å²) in [5, 5.41) is 43.5. The first kappa shape index (κ1) is 19.9. The molecule has 0 aliphatic rings. The molecule has 0 amide bonds. The molecule has 12 heteroatoms. The van der Waals surface area contributed by atoms with Gasteiger partial charge < -0.3 is 15.4 Å². The maximum atomic E-state index is 12.8. The molecule has 0 fully saturated rings. The second-order valence-electron chi connectivity index (χ2n) is 4.82. The van der Waals surface area contributed by atoms with Crippen LogP contribution in [0.4, 0.5) is 4.39 Å². The van der Waals surface area contributed by atoms with Gasteiger partial charge in [0.2, 0.25) is 0 Å². The highest BCUT2D eigenvalue weighted by Crippen LogP contribution is 2.14. The average Bonchev–Trinajstić information content (AvgIpc) is 2.53. The number of nitro groups is 1. The molecular weight excluding hydrogens is 349 g/mol. The first-order chi connectivity index (χ1) is 11.2. The second kappa shape index (κ2) is 8.08. The molecule has 0 saturated carbocycles. The van der Waals surface area contributed by atoms with Gasteiger partial charge in [0.05, 0.1) is 10.6 Å². The lowest BCUT2D eigenvalue weighted by Gasteiger charge is -2.16. The minimum Gasteiger partial charge on any atom is -0.594 e. The van der Waals surface area contributed by atoms with Crippen molar-refractivity contribution in [3.05, 3.63) is 45.4 Å². The number of halogens is 1. The fourth-order valence-electron chi connectivity index (χ4n) is 1.66. The number of rotatable bonds is 9. The number of benzene rings is 1. The number of hydrogen-bond acceptors (Lipinski definition) is 8. The van der Waals surface area contributed by atoms with Crippen LogP contribution in [0.1, 0.15) is 6.42 Å². The normalized spacial score (nSPS) is 13.0. The minimum absolute atomic E-state index is 0.103. The van der Waals surface area contributed by atoms with Gasteiger partial charge in [-0.25, -0.2) is 12.8 Å². The molecule has 1 rings (SSSR count). The van der Waals surface area contributed by atoms with Gasteiger partial charge in [-0.15, -0.1) is 0 Å². The van der Waals surface area contributed by atoms with E-state index in [-0.39, 0.29) is 17.9 Å². The Bertz CT molecular complexity index is 702. The number of nitrogens with zero attached hydrogens (tertiary/aromatic N) is 3. The van der Waals surface area contributed by atoms with Crippen LogP contribution in [0.3, 0.4) is 0 Å². The van der Waals surface area contributed by atoms with Crippen LogP contribution in [0.15, 0.2) is 34.3 Å². The lowest BCUT2D eigenvalue weighted by Crippen LogP contribution is -2.53. The van der Waals surface area contributed by atoms with Gasteiger partial charge >= 0.3 is 5.66 Å². The van der Waals surface area contributed by atoms with Gasteiger partial charge in [0, 0.05) is 0 Å². The molecule has 0 radical (unpaired) electrons. The third-order valence-electron chi connectivity index (χ3n) is 3.17. The minimum atomic E-state index is -3.72. The Morgan fingerprint density at radius 3 is 2.17 bits per heavy atom. The molecule has 2 N–H and O–H groups in total. The van der Waals surface area contributed by atoms with Crippen molar-refractivity contribution in [1.29, 1.82) is 0 Å². The van der Waals surface area contributed by atoms with Crippen LogP contribution >= 0.6 is 0 Å². The monoisotopic (exact) mass is 365 g/mol. The van der Waals surface area contributed by atoms with Crippen molar-refractivity contribution < 1.29 is 32.8 Å². The van der Waals surface area contributed by atoms with Gasteiger partial charge in [-0.3, -0.25) is 10.1 Å². The standard InChI is InChI=1S/C12H16FN3O7S/c13-10-2-4-11(5-3-10)24(22,23)7-1-6-14-15(19)12(8-17,9-18)16(20)21/h2-5,17-18H,1,6-9H2. The van der Waals surface area contributed by atoms with Crippen molar-refractivity contribution in [3.63, 3.8) is 0 Å². The number of aliphatic hydroxyl groups is 2. The summed E-state index contributed by atoms with van der Waals surface area (Å²) >= 11 is 0. The van der Waals surface area contributed by atoms with E-state index in [0.717, 1.165) is 24.3 Å². The number of azo groups is 1. The van der Waals surface area contributed by atoms with Gasteiger partial charge in [0.25, 0.3) is 0 Å². The summed E-state index contributed by atoms with van der Waals surface area (Å²) < 4.78 is 36.7. The lowest BCUT2D eigenvalue weighted by molar-refractivity contribution is -0.819. The molecule has 1 aromatic carbocycles. The van der Waals surface area contributed by atoms with Gasteiger partial charge in [-0.05, 0) is 40.7 Å². The summed E-state index contributed by atoms with van der Waals surface area (Å²) in [6.07, 6.45) is -0.136. The molecule has 0 aliphatic carbocycles. The van der Waals surface area contributed by atoms with Crippen LogP contribution in [0.2, 0.25) is 0 Å². The van der Waals surface area contributed by atoms with Gasteiger partial charge in [0.1, 0.15) is 17.3 Å². The average molecular weight is 365 g/mol. The molecule has 0 aromatic heterocycles. The summed E-state index contributed by atoms with van der Waals surface area (Å²) in [4.78, 5) is 9.08. The molecule has 0 bridgehead atoms. The van der Waals surface area contributed by atoms with E-state index in [0.29, 0.717) is 0 Å². The number of sulfone groups is 1. The van der Waals surface area contributed by atoms with E-state index in [2.05, 4.69) is 5.11 Å². The summed E-state index contributed by atoms with van der Waals surface area (Å²) in [5.74, 6) is -1.00. The maximum absolute atomic E-state index is 12.8. The van der Waals surface area contributed by atoms with E-state index in [9.17, 15) is 28.1 Å². The van der Waals surface area contributed by atoms with Crippen molar-refractivity contribution in [3.8, 4) is 0 Å². The molecule has 24 heavy (non-hydrogen) atoms. The zero-order chi connectivity index (χ0) is 18.4. The topological polar surface area (TPSA) is 156 Å². The highest BCUT2D eigenvalue weighted by Gasteiger charge is 2.53. The highest BCUT2D eigenvalue weighted by atomic mass is 32.2. The Morgan fingerprint density at radius 1 is 1.17 bits per heavy atom. The second-order valence-corrected chi connectivity index (χ2v) is 6.93. The fourth-order valence-corrected chi connectivity index (χ4v) is 2.96. The van der Waals surface area contributed by atoms with Gasteiger partial charge in [-0.2, -0.15) is 0 Å². The van der Waals surface area contributed by atoms with Crippen LogP contribution in [-0.4, -0.2) is 59.6 Å².